The Bertz CT molecular complexity index is 377. The normalized spacial score (nSPS) is 23.4. The monoisotopic (exact) mass is 269 g/mol. The van der Waals surface area contributed by atoms with Crippen molar-refractivity contribution in [1.82, 2.24) is 5.32 Å². The molecule has 0 amide bonds. The molecule has 1 aromatic carbocycles. The maximum atomic E-state index is 9.72. The third-order valence-electron chi connectivity index (χ3n) is 3.85. The standard InChI is InChI=1S/C14H20ClNO2/c15-13-5-2-6-14(18)12(13)8-16-7-10-3-1-4-11(10)9-17/h2,5-6,10-11,16-18H,1,3-4,7-9H2. The fraction of sp³-hybridized carbons (Fsp3) is 0.571. The number of phenolic OH excluding ortho intramolecular Hbond substituents is 1. The molecule has 3 N–H and O–H groups in total. The Balaban J connectivity index is 1.85. The summed E-state index contributed by atoms with van der Waals surface area (Å²) < 4.78 is 0. The molecule has 4 heteroatoms. The lowest BCUT2D eigenvalue weighted by atomic mass is 9.97. The van der Waals surface area contributed by atoms with E-state index in [4.69, 9.17) is 11.6 Å². The summed E-state index contributed by atoms with van der Waals surface area (Å²) in [7, 11) is 0. The first-order valence-corrected chi connectivity index (χ1v) is 6.88. The van der Waals surface area contributed by atoms with Crippen molar-refractivity contribution in [2.45, 2.75) is 25.8 Å². The fourth-order valence-corrected chi connectivity index (χ4v) is 2.96. The molecular formula is C14H20ClNO2. The van der Waals surface area contributed by atoms with Gasteiger partial charge in [0, 0.05) is 23.7 Å². The summed E-state index contributed by atoms with van der Waals surface area (Å²) in [4.78, 5) is 0. The maximum absolute atomic E-state index is 9.72. The zero-order valence-electron chi connectivity index (χ0n) is 10.4. The lowest BCUT2D eigenvalue weighted by molar-refractivity contribution is 0.192. The van der Waals surface area contributed by atoms with Gasteiger partial charge in [0.25, 0.3) is 0 Å². The van der Waals surface area contributed by atoms with E-state index in [2.05, 4.69) is 5.32 Å². The molecule has 1 aliphatic carbocycles. The molecule has 0 radical (unpaired) electrons. The molecule has 18 heavy (non-hydrogen) atoms. The molecule has 3 nitrogen and oxygen atoms in total. The van der Waals surface area contributed by atoms with E-state index in [0.717, 1.165) is 18.5 Å². The molecule has 0 heterocycles. The van der Waals surface area contributed by atoms with Gasteiger partial charge in [-0.15, -0.1) is 0 Å². The van der Waals surface area contributed by atoms with Crippen molar-refractivity contribution in [2.75, 3.05) is 13.2 Å². The van der Waals surface area contributed by atoms with Crippen LogP contribution in [0.3, 0.4) is 0 Å². The first kappa shape index (κ1) is 13.7. The Hall–Kier alpha value is -0.770. The highest BCUT2D eigenvalue weighted by molar-refractivity contribution is 6.31. The molecule has 0 aromatic heterocycles. The quantitative estimate of drug-likeness (QED) is 0.770. The second-order valence-corrected chi connectivity index (χ2v) is 5.41. The first-order valence-electron chi connectivity index (χ1n) is 6.50. The van der Waals surface area contributed by atoms with Crippen molar-refractivity contribution in [3.63, 3.8) is 0 Å². The zero-order chi connectivity index (χ0) is 13.0. The smallest absolute Gasteiger partial charge is 0.121 e. The van der Waals surface area contributed by atoms with Gasteiger partial charge in [-0.1, -0.05) is 24.1 Å². The number of aromatic hydroxyl groups is 1. The first-order chi connectivity index (χ1) is 8.72. The molecule has 0 aliphatic heterocycles. The van der Waals surface area contributed by atoms with Gasteiger partial charge in [0.1, 0.15) is 5.75 Å². The molecule has 2 atom stereocenters. The van der Waals surface area contributed by atoms with Crippen LogP contribution in [0.15, 0.2) is 18.2 Å². The molecule has 1 aliphatic rings. The van der Waals surface area contributed by atoms with Crippen molar-refractivity contribution < 1.29 is 10.2 Å². The minimum absolute atomic E-state index is 0.236. The van der Waals surface area contributed by atoms with Crippen LogP contribution in [0.5, 0.6) is 5.75 Å². The molecule has 0 saturated heterocycles. The Morgan fingerprint density at radius 1 is 1.28 bits per heavy atom. The van der Waals surface area contributed by atoms with Gasteiger partial charge < -0.3 is 15.5 Å². The van der Waals surface area contributed by atoms with Crippen LogP contribution in [0.1, 0.15) is 24.8 Å². The van der Waals surface area contributed by atoms with E-state index in [1.54, 1.807) is 18.2 Å². The molecule has 2 rings (SSSR count). The number of hydrogen-bond donors (Lipinski definition) is 3. The minimum atomic E-state index is 0.236. The van der Waals surface area contributed by atoms with Crippen LogP contribution in [0.2, 0.25) is 5.02 Å². The molecule has 1 aromatic rings. The van der Waals surface area contributed by atoms with Crippen LogP contribution in [-0.4, -0.2) is 23.4 Å². The number of aliphatic hydroxyl groups is 1. The summed E-state index contributed by atoms with van der Waals surface area (Å²) in [6.07, 6.45) is 3.50. The second-order valence-electron chi connectivity index (χ2n) is 5.00. The van der Waals surface area contributed by atoms with Crippen LogP contribution < -0.4 is 5.32 Å². The van der Waals surface area contributed by atoms with Crippen molar-refractivity contribution in [3.8, 4) is 5.75 Å². The van der Waals surface area contributed by atoms with Gasteiger partial charge in [0.15, 0.2) is 0 Å². The van der Waals surface area contributed by atoms with Gasteiger partial charge in [0.2, 0.25) is 0 Å². The predicted octanol–water partition coefficient (Wildman–Crippen LogP) is 2.54. The van der Waals surface area contributed by atoms with Crippen LogP contribution >= 0.6 is 11.6 Å². The lowest BCUT2D eigenvalue weighted by Crippen LogP contribution is -2.26. The third kappa shape index (κ3) is 3.16. The average Bonchev–Trinajstić information content (AvgIpc) is 2.80. The molecule has 2 unspecified atom stereocenters. The van der Waals surface area contributed by atoms with Gasteiger partial charge in [-0.2, -0.15) is 0 Å². The van der Waals surface area contributed by atoms with Gasteiger partial charge in [-0.3, -0.25) is 0 Å². The molecular weight excluding hydrogens is 250 g/mol. The second kappa shape index (κ2) is 6.41. The van der Waals surface area contributed by atoms with Gasteiger partial charge in [-0.25, -0.2) is 0 Å². The summed E-state index contributed by atoms with van der Waals surface area (Å²) in [6, 6.07) is 5.17. The van der Waals surface area contributed by atoms with Gasteiger partial charge in [0.05, 0.1) is 0 Å². The number of nitrogens with one attached hydrogen (secondary N) is 1. The zero-order valence-corrected chi connectivity index (χ0v) is 11.2. The molecule has 100 valence electrons. The van der Waals surface area contributed by atoms with Gasteiger partial charge in [-0.05, 0) is 43.4 Å². The van der Waals surface area contributed by atoms with E-state index in [1.807, 2.05) is 0 Å². The van der Waals surface area contributed by atoms with E-state index in [0.29, 0.717) is 23.4 Å². The number of hydrogen-bond acceptors (Lipinski definition) is 3. The Morgan fingerprint density at radius 3 is 2.78 bits per heavy atom. The number of aliphatic hydroxyl groups excluding tert-OH is 1. The van der Waals surface area contributed by atoms with Crippen LogP contribution in [0.25, 0.3) is 0 Å². The van der Waals surface area contributed by atoms with Crippen LogP contribution in [0.4, 0.5) is 0 Å². The van der Waals surface area contributed by atoms with E-state index in [1.165, 1.54) is 12.8 Å². The Kier molecular flexibility index (Phi) is 4.87. The summed E-state index contributed by atoms with van der Waals surface area (Å²) in [6.45, 7) is 1.72. The number of halogens is 1. The topological polar surface area (TPSA) is 52.5 Å². The third-order valence-corrected chi connectivity index (χ3v) is 4.21. The van der Waals surface area contributed by atoms with Gasteiger partial charge >= 0.3 is 0 Å². The summed E-state index contributed by atoms with van der Waals surface area (Å²) in [5.41, 5.74) is 0.748. The van der Waals surface area contributed by atoms with Crippen LogP contribution in [-0.2, 0) is 6.54 Å². The van der Waals surface area contributed by atoms with E-state index < -0.39 is 0 Å². The van der Waals surface area contributed by atoms with Crippen molar-refractivity contribution in [1.29, 1.82) is 0 Å². The fourth-order valence-electron chi connectivity index (χ4n) is 2.73. The van der Waals surface area contributed by atoms with E-state index in [9.17, 15) is 10.2 Å². The molecule has 0 spiro atoms. The van der Waals surface area contributed by atoms with Crippen molar-refractivity contribution >= 4 is 11.6 Å². The predicted molar refractivity (Wildman–Crippen MR) is 72.7 cm³/mol. The minimum Gasteiger partial charge on any atom is -0.508 e. The van der Waals surface area contributed by atoms with Crippen molar-refractivity contribution in [2.24, 2.45) is 11.8 Å². The lowest BCUT2D eigenvalue weighted by Gasteiger charge is -2.18. The largest absolute Gasteiger partial charge is 0.508 e. The highest BCUT2D eigenvalue weighted by Gasteiger charge is 2.26. The van der Waals surface area contributed by atoms with Crippen LogP contribution in [0, 0.1) is 11.8 Å². The van der Waals surface area contributed by atoms with E-state index in [-0.39, 0.29) is 12.4 Å². The average molecular weight is 270 g/mol. The summed E-state index contributed by atoms with van der Waals surface area (Å²) in [5, 5.41) is 22.9. The molecule has 0 bridgehead atoms. The maximum Gasteiger partial charge on any atom is 0.121 e. The Labute approximate surface area is 113 Å². The number of phenols is 1. The van der Waals surface area contributed by atoms with Crippen molar-refractivity contribution in [3.05, 3.63) is 28.8 Å². The highest BCUT2D eigenvalue weighted by atomic mass is 35.5. The number of rotatable bonds is 5. The summed E-state index contributed by atoms with van der Waals surface area (Å²) >= 11 is 6.04. The SMILES string of the molecule is OCC1CCCC1CNCc1c(O)cccc1Cl. The van der Waals surface area contributed by atoms with E-state index >= 15 is 0 Å². The summed E-state index contributed by atoms with van der Waals surface area (Å²) in [5.74, 6) is 1.21. The highest BCUT2D eigenvalue weighted by Crippen LogP contribution is 2.31. The Morgan fingerprint density at radius 2 is 2.06 bits per heavy atom. The molecule has 1 fully saturated rings. The number of benzene rings is 1. The molecule has 1 saturated carbocycles.